The number of hydrogen-bond donors (Lipinski definition) is 1. The van der Waals surface area contributed by atoms with Gasteiger partial charge in [0.2, 0.25) is 5.95 Å². The van der Waals surface area contributed by atoms with Crippen molar-refractivity contribution >= 4 is 17.9 Å². The topological polar surface area (TPSA) is 106 Å². The Bertz CT molecular complexity index is 865. The first-order valence-corrected chi connectivity index (χ1v) is 6.99. The third-order valence-corrected chi connectivity index (χ3v) is 3.09. The van der Waals surface area contributed by atoms with Gasteiger partial charge in [0.1, 0.15) is 0 Å². The van der Waals surface area contributed by atoms with Crippen LogP contribution in [-0.4, -0.2) is 26.1 Å². The molecule has 8 nitrogen and oxygen atoms in total. The second-order valence-electron chi connectivity index (χ2n) is 4.73. The van der Waals surface area contributed by atoms with E-state index in [1.807, 2.05) is 12.1 Å². The predicted molar refractivity (Wildman–Crippen MR) is 89.6 cm³/mol. The Balaban J connectivity index is 1.69. The zero-order valence-electron chi connectivity index (χ0n) is 12.4. The molecular weight excluding hydrogens is 308 g/mol. The van der Waals surface area contributed by atoms with Crippen LogP contribution in [0.2, 0.25) is 0 Å². The minimum Gasteiger partial charge on any atom is -0.264 e. The average molecular weight is 320 g/mol. The molecule has 3 rings (SSSR count). The number of benzene rings is 1. The summed E-state index contributed by atoms with van der Waals surface area (Å²) in [5.41, 5.74) is 5.09. The van der Waals surface area contributed by atoms with Crippen LogP contribution in [0, 0.1) is 10.1 Å². The van der Waals surface area contributed by atoms with Crippen molar-refractivity contribution < 1.29 is 4.92 Å². The molecule has 0 spiro atoms. The summed E-state index contributed by atoms with van der Waals surface area (Å²) >= 11 is 0. The molecule has 0 unspecified atom stereocenters. The number of aromatic nitrogens is 3. The van der Waals surface area contributed by atoms with E-state index in [-0.39, 0.29) is 5.69 Å². The number of rotatable bonds is 5. The quantitative estimate of drug-likeness (QED) is 0.440. The number of nitro benzene ring substituents is 1. The number of pyridine rings is 1. The molecule has 118 valence electrons. The van der Waals surface area contributed by atoms with Gasteiger partial charge >= 0.3 is 0 Å². The van der Waals surface area contributed by atoms with Crippen molar-refractivity contribution in [2.45, 2.75) is 0 Å². The molecule has 0 aliphatic heterocycles. The van der Waals surface area contributed by atoms with Crippen LogP contribution in [0.15, 0.2) is 66.2 Å². The minimum absolute atomic E-state index is 0.0348. The van der Waals surface area contributed by atoms with Gasteiger partial charge < -0.3 is 0 Å². The van der Waals surface area contributed by atoms with Gasteiger partial charge in [-0.15, -0.1) is 0 Å². The Morgan fingerprint density at radius 2 is 1.96 bits per heavy atom. The van der Waals surface area contributed by atoms with Crippen LogP contribution in [0.4, 0.5) is 11.6 Å². The van der Waals surface area contributed by atoms with Crippen LogP contribution < -0.4 is 5.43 Å². The highest BCUT2D eigenvalue weighted by Crippen LogP contribution is 2.15. The Hall–Kier alpha value is -3.68. The maximum Gasteiger partial charge on any atom is 0.269 e. The van der Waals surface area contributed by atoms with Crippen molar-refractivity contribution in [3.63, 3.8) is 0 Å². The molecule has 0 radical (unpaired) electrons. The molecule has 0 aliphatic rings. The highest BCUT2D eigenvalue weighted by atomic mass is 16.6. The first kappa shape index (κ1) is 15.2. The summed E-state index contributed by atoms with van der Waals surface area (Å²) in [6.07, 6.45) is 6.56. The SMILES string of the molecule is O=[N+]([O-])c1ccc(/C=N\Nc2nccc(-c3cccnc3)n2)cc1. The molecule has 24 heavy (non-hydrogen) atoms. The number of non-ortho nitro benzene ring substituents is 1. The molecule has 2 aromatic heterocycles. The first-order chi connectivity index (χ1) is 11.7. The van der Waals surface area contributed by atoms with E-state index in [2.05, 4.69) is 25.5 Å². The maximum absolute atomic E-state index is 10.6. The van der Waals surface area contributed by atoms with Crippen LogP contribution in [0.3, 0.4) is 0 Å². The second-order valence-corrected chi connectivity index (χ2v) is 4.73. The van der Waals surface area contributed by atoms with Gasteiger partial charge in [0.25, 0.3) is 5.69 Å². The van der Waals surface area contributed by atoms with E-state index in [0.29, 0.717) is 5.95 Å². The van der Waals surface area contributed by atoms with Crippen molar-refractivity contribution in [1.29, 1.82) is 0 Å². The van der Waals surface area contributed by atoms with Gasteiger partial charge in [0, 0.05) is 36.3 Å². The van der Waals surface area contributed by atoms with Gasteiger partial charge in [-0.3, -0.25) is 15.1 Å². The standard InChI is InChI=1S/C16H12N6O2/c23-22(24)14-5-3-12(4-6-14)10-19-21-16-18-9-7-15(20-16)13-2-1-8-17-11-13/h1-11H,(H,18,20,21)/b19-10-. The second kappa shape index (κ2) is 7.05. The lowest BCUT2D eigenvalue weighted by Crippen LogP contribution is -1.98. The fourth-order valence-electron chi connectivity index (χ4n) is 1.93. The fourth-order valence-corrected chi connectivity index (χ4v) is 1.93. The number of nitrogens with one attached hydrogen (secondary N) is 1. The molecule has 0 atom stereocenters. The number of hydrazone groups is 1. The van der Waals surface area contributed by atoms with Crippen LogP contribution in [0.1, 0.15) is 5.56 Å². The molecule has 0 bridgehead atoms. The summed E-state index contributed by atoms with van der Waals surface area (Å²) < 4.78 is 0. The van der Waals surface area contributed by atoms with E-state index in [9.17, 15) is 10.1 Å². The van der Waals surface area contributed by atoms with E-state index in [1.54, 1.807) is 36.8 Å². The largest absolute Gasteiger partial charge is 0.269 e. The molecule has 0 aliphatic carbocycles. The minimum atomic E-state index is -0.447. The normalized spacial score (nSPS) is 10.7. The fraction of sp³-hybridized carbons (Fsp3) is 0. The lowest BCUT2D eigenvalue weighted by Gasteiger charge is -2.02. The Kier molecular flexibility index (Phi) is 4.47. The zero-order chi connectivity index (χ0) is 16.8. The monoisotopic (exact) mass is 320 g/mol. The molecule has 3 aromatic rings. The third kappa shape index (κ3) is 3.74. The first-order valence-electron chi connectivity index (χ1n) is 6.99. The lowest BCUT2D eigenvalue weighted by molar-refractivity contribution is -0.384. The Morgan fingerprint density at radius 3 is 2.67 bits per heavy atom. The predicted octanol–water partition coefficient (Wildman–Crippen LogP) is 2.89. The van der Waals surface area contributed by atoms with Crippen molar-refractivity contribution in [3.8, 4) is 11.3 Å². The average Bonchev–Trinajstić information content (AvgIpc) is 2.63. The lowest BCUT2D eigenvalue weighted by atomic mass is 10.2. The molecule has 1 N–H and O–H groups in total. The van der Waals surface area contributed by atoms with E-state index in [4.69, 9.17) is 0 Å². The molecule has 1 aromatic carbocycles. The number of nitrogens with zero attached hydrogens (tertiary/aromatic N) is 5. The summed E-state index contributed by atoms with van der Waals surface area (Å²) in [5, 5.41) is 14.6. The summed E-state index contributed by atoms with van der Waals surface area (Å²) in [6.45, 7) is 0. The number of nitro groups is 1. The summed E-state index contributed by atoms with van der Waals surface area (Å²) in [4.78, 5) is 22.6. The highest BCUT2D eigenvalue weighted by molar-refractivity contribution is 5.80. The molecule has 0 saturated carbocycles. The van der Waals surface area contributed by atoms with Gasteiger partial charge in [0.05, 0.1) is 16.8 Å². The number of hydrogen-bond acceptors (Lipinski definition) is 7. The van der Waals surface area contributed by atoms with Crippen LogP contribution in [0.5, 0.6) is 0 Å². The van der Waals surface area contributed by atoms with Gasteiger partial charge in [-0.1, -0.05) is 0 Å². The molecule has 0 saturated heterocycles. The van der Waals surface area contributed by atoms with E-state index in [1.165, 1.54) is 18.3 Å². The molecule has 0 amide bonds. The highest BCUT2D eigenvalue weighted by Gasteiger charge is 2.03. The van der Waals surface area contributed by atoms with Crippen molar-refractivity contribution in [3.05, 3.63) is 76.7 Å². The van der Waals surface area contributed by atoms with Crippen LogP contribution in [-0.2, 0) is 0 Å². The van der Waals surface area contributed by atoms with Crippen molar-refractivity contribution in [2.75, 3.05) is 5.43 Å². The zero-order valence-corrected chi connectivity index (χ0v) is 12.4. The van der Waals surface area contributed by atoms with E-state index < -0.39 is 4.92 Å². The molecule has 2 heterocycles. The van der Waals surface area contributed by atoms with Gasteiger partial charge in [0.15, 0.2) is 0 Å². The molecule has 0 fully saturated rings. The molecule has 8 heteroatoms. The summed E-state index contributed by atoms with van der Waals surface area (Å²) in [6, 6.07) is 11.6. The third-order valence-electron chi connectivity index (χ3n) is 3.09. The van der Waals surface area contributed by atoms with E-state index >= 15 is 0 Å². The van der Waals surface area contributed by atoms with Gasteiger partial charge in [-0.2, -0.15) is 5.10 Å². The number of anilines is 1. The van der Waals surface area contributed by atoms with E-state index in [0.717, 1.165) is 16.8 Å². The van der Waals surface area contributed by atoms with Gasteiger partial charge in [-0.05, 0) is 35.9 Å². The van der Waals surface area contributed by atoms with Crippen LogP contribution in [0.25, 0.3) is 11.3 Å². The Morgan fingerprint density at radius 1 is 1.12 bits per heavy atom. The maximum atomic E-state index is 10.6. The summed E-state index contributed by atoms with van der Waals surface area (Å²) in [5.74, 6) is 0.342. The molecular formula is C16H12N6O2. The Labute approximate surface area is 137 Å². The van der Waals surface area contributed by atoms with Crippen LogP contribution >= 0.6 is 0 Å². The van der Waals surface area contributed by atoms with Crippen molar-refractivity contribution in [2.24, 2.45) is 5.10 Å². The van der Waals surface area contributed by atoms with Gasteiger partial charge in [-0.25, -0.2) is 15.4 Å². The summed E-state index contributed by atoms with van der Waals surface area (Å²) in [7, 11) is 0. The van der Waals surface area contributed by atoms with Crippen molar-refractivity contribution in [1.82, 2.24) is 15.0 Å². The smallest absolute Gasteiger partial charge is 0.264 e.